The Morgan fingerprint density at radius 3 is 2.89 bits per heavy atom. The van der Waals surface area contributed by atoms with Gasteiger partial charge in [-0.3, -0.25) is 0 Å². The van der Waals surface area contributed by atoms with Gasteiger partial charge >= 0.3 is 0 Å². The molecule has 4 heteroatoms. The largest absolute Gasteiger partial charge is 0.496 e. The van der Waals surface area contributed by atoms with Crippen LogP contribution in [0.1, 0.15) is 29.5 Å². The predicted octanol–water partition coefficient (Wildman–Crippen LogP) is 2.26. The van der Waals surface area contributed by atoms with Gasteiger partial charge in [0.05, 0.1) is 13.7 Å². The highest BCUT2D eigenvalue weighted by Gasteiger charge is 2.49. The van der Waals surface area contributed by atoms with E-state index in [2.05, 4.69) is 4.99 Å². The van der Waals surface area contributed by atoms with Crippen LogP contribution in [0.4, 0.5) is 0 Å². The van der Waals surface area contributed by atoms with E-state index in [0.717, 1.165) is 47.5 Å². The number of hydrogen-bond donors (Lipinski definition) is 0. The molecule has 0 bridgehead atoms. The molecule has 0 radical (unpaired) electrons. The first-order valence-electron chi connectivity index (χ1n) is 6.14. The third-order valence-corrected chi connectivity index (χ3v) is 3.79. The first-order valence-corrected chi connectivity index (χ1v) is 6.14. The van der Waals surface area contributed by atoms with Gasteiger partial charge in [0.25, 0.3) is 0 Å². The number of ether oxygens (including phenoxy) is 2. The van der Waals surface area contributed by atoms with Crippen molar-refractivity contribution in [1.82, 2.24) is 0 Å². The molecule has 0 unspecified atom stereocenters. The van der Waals surface area contributed by atoms with Gasteiger partial charge in [0.2, 0.25) is 6.08 Å². The Morgan fingerprint density at radius 2 is 2.28 bits per heavy atom. The number of hydrogen-bond acceptors (Lipinski definition) is 4. The highest BCUT2D eigenvalue weighted by Crippen LogP contribution is 2.56. The molecule has 94 valence electrons. The third-order valence-electron chi connectivity index (χ3n) is 3.79. The van der Waals surface area contributed by atoms with E-state index < -0.39 is 5.54 Å². The van der Waals surface area contributed by atoms with Crippen molar-refractivity contribution in [2.45, 2.75) is 31.7 Å². The average molecular weight is 245 g/mol. The van der Waals surface area contributed by atoms with Crippen molar-refractivity contribution in [3.63, 3.8) is 0 Å². The molecule has 1 aliphatic carbocycles. The SMILES string of the molecule is COc1c(C)cc2c(c1C1(N=C=O)CC1)CCO2. The number of methoxy groups -OCH3 is 1. The molecule has 0 spiro atoms. The van der Waals surface area contributed by atoms with Crippen molar-refractivity contribution in [2.24, 2.45) is 4.99 Å². The second kappa shape index (κ2) is 3.85. The number of isocyanates is 1. The van der Waals surface area contributed by atoms with Crippen LogP contribution in [0.5, 0.6) is 11.5 Å². The summed E-state index contributed by atoms with van der Waals surface area (Å²) >= 11 is 0. The molecule has 1 aliphatic heterocycles. The second-order valence-electron chi connectivity index (χ2n) is 4.91. The normalized spacial score (nSPS) is 18.6. The minimum atomic E-state index is -0.406. The summed E-state index contributed by atoms with van der Waals surface area (Å²) in [6.07, 6.45) is 4.33. The molecule has 0 atom stereocenters. The quantitative estimate of drug-likeness (QED) is 0.606. The number of fused-ring (bicyclic) bond motifs is 1. The zero-order chi connectivity index (χ0) is 12.8. The lowest BCUT2D eigenvalue weighted by Crippen LogP contribution is -2.09. The van der Waals surface area contributed by atoms with Crippen LogP contribution in [0.2, 0.25) is 0 Å². The summed E-state index contributed by atoms with van der Waals surface area (Å²) in [4.78, 5) is 14.7. The topological polar surface area (TPSA) is 47.9 Å². The van der Waals surface area contributed by atoms with E-state index in [1.165, 1.54) is 0 Å². The van der Waals surface area contributed by atoms with Crippen molar-refractivity contribution in [3.05, 3.63) is 22.8 Å². The molecular weight excluding hydrogens is 230 g/mol. The fourth-order valence-corrected chi connectivity index (χ4v) is 2.83. The number of rotatable bonds is 3. The molecule has 1 saturated carbocycles. The first kappa shape index (κ1) is 11.3. The molecule has 1 aromatic rings. The van der Waals surface area contributed by atoms with Gasteiger partial charge in [-0.05, 0) is 31.4 Å². The van der Waals surface area contributed by atoms with Crippen LogP contribution in [0.25, 0.3) is 0 Å². The maximum Gasteiger partial charge on any atom is 0.235 e. The van der Waals surface area contributed by atoms with E-state index in [1.54, 1.807) is 13.2 Å². The number of benzene rings is 1. The number of carbonyl (C=O) groups excluding carboxylic acids is 1. The summed E-state index contributed by atoms with van der Waals surface area (Å²) in [6, 6.07) is 2.01. The zero-order valence-corrected chi connectivity index (χ0v) is 10.6. The predicted molar refractivity (Wildman–Crippen MR) is 66.0 cm³/mol. The van der Waals surface area contributed by atoms with Crippen molar-refractivity contribution in [2.75, 3.05) is 13.7 Å². The molecule has 0 amide bonds. The summed E-state index contributed by atoms with van der Waals surface area (Å²) < 4.78 is 11.2. The first-order chi connectivity index (χ1) is 8.72. The van der Waals surface area contributed by atoms with Gasteiger partial charge in [0, 0.05) is 17.5 Å². The Kier molecular flexibility index (Phi) is 2.42. The Hall–Kier alpha value is -1.80. The van der Waals surface area contributed by atoms with Gasteiger partial charge in [-0.15, -0.1) is 0 Å². The second-order valence-corrected chi connectivity index (χ2v) is 4.91. The number of aliphatic imine (C=N–C) groups is 1. The average Bonchev–Trinajstić information content (AvgIpc) is 2.98. The molecule has 0 saturated heterocycles. The Labute approximate surface area is 106 Å². The number of aryl methyl sites for hydroxylation is 1. The molecule has 1 fully saturated rings. The van der Waals surface area contributed by atoms with Crippen molar-refractivity contribution in [1.29, 1.82) is 0 Å². The Morgan fingerprint density at radius 1 is 1.50 bits per heavy atom. The molecule has 1 heterocycles. The lowest BCUT2D eigenvalue weighted by atomic mass is 9.93. The lowest BCUT2D eigenvalue weighted by molar-refractivity contribution is 0.356. The van der Waals surface area contributed by atoms with Gasteiger partial charge < -0.3 is 9.47 Å². The van der Waals surface area contributed by atoms with Crippen molar-refractivity contribution < 1.29 is 14.3 Å². The van der Waals surface area contributed by atoms with Crippen LogP contribution in [0.15, 0.2) is 11.1 Å². The highest BCUT2D eigenvalue weighted by molar-refractivity contribution is 5.60. The molecule has 3 rings (SSSR count). The van der Waals surface area contributed by atoms with Crippen LogP contribution in [-0.4, -0.2) is 19.8 Å². The minimum absolute atomic E-state index is 0.406. The Balaban J connectivity index is 2.26. The third kappa shape index (κ3) is 1.46. The molecule has 4 nitrogen and oxygen atoms in total. The molecular formula is C14H15NO3. The van der Waals surface area contributed by atoms with E-state index >= 15 is 0 Å². The lowest BCUT2D eigenvalue weighted by Gasteiger charge is -2.19. The monoisotopic (exact) mass is 245 g/mol. The van der Waals surface area contributed by atoms with E-state index in [9.17, 15) is 4.79 Å². The molecule has 18 heavy (non-hydrogen) atoms. The number of nitrogens with zero attached hydrogens (tertiary/aromatic N) is 1. The summed E-state index contributed by atoms with van der Waals surface area (Å²) in [5.41, 5.74) is 2.81. The summed E-state index contributed by atoms with van der Waals surface area (Å²) in [5, 5.41) is 0. The van der Waals surface area contributed by atoms with Crippen LogP contribution in [-0.2, 0) is 16.8 Å². The van der Waals surface area contributed by atoms with E-state index in [1.807, 2.05) is 13.0 Å². The van der Waals surface area contributed by atoms with Gasteiger partial charge in [0.1, 0.15) is 17.0 Å². The van der Waals surface area contributed by atoms with E-state index in [0.29, 0.717) is 6.61 Å². The molecule has 1 aromatic carbocycles. The molecule has 0 N–H and O–H groups in total. The molecule has 2 aliphatic rings. The van der Waals surface area contributed by atoms with Crippen LogP contribution in [0, 0.1) is 6.92 Å². The van der Waals surface area contributed by atoms with Gasteiger partial charge in [-0.1, -0.05) is 0 Å². The fraction of sp³-hybridized carbons (Fsp3) is 0.500. The fourth-order valence-electron chi connectivity index (χ4n) is 2.83. The standard InChI is InChI=1S/C14H15NO3/c1-9-7-11-10(3-6-18-11)12(13(9)17-2)14(4-5-14)15-8-16/h7H,3-6H2,1-2H3. The highest BCUT2D eigenvalue weighted by atomic mass is 16.5. The van der Waals surface area contributed by atoms with Crippen LogP contribution >= 0.6 is 0 Å². The smallest absolute Gasteiger partial charge is 0.235 e. The van der Waals surface area contributed by atoms with Gasteiger partial charge in [-0.25, -0.2) is 4.79 Å². The van der Waals surface area contributed by atoms with Crippen LogP contribution in [0.3, 0.4) is 0 Å². The summed E-state index contributed by atoms with van der Waals surface area (Å²) in [5.74, 6) is 1.76. The molecule has 0 aromatic heterocycles. The van der Waals surface area contributed by atoms with E-state index in [4.69, 9.17) is 9.47 Å². The summed E-state index contributed by atoms with van der Waals surface area (Å²) in [7, 11) is 1.66. The van der Waals surface area contributed by atoms with Gasteiger partial charge in [0.15, 0.2) is 0 Å². The minimum Gasteiger partial charge on any atom is -0.496 e. The Bertz CT molecular complexity index is 551. The van der Waals surface area contributed by atoms with Crippen molar-refractivity contribution >= 4 is 6.08 Å². The van der Waals surface area contributed by atoms with E-state index in [-0.39, 0.29) is 0 Å². The van der Waals surface area contributed by atoms with Crippen molar-refractivity contribution in [3.8, 4) is 11.5 Å². The maximum atomic E-state index is 10.7. The zero-order valence-electron chi connectivity index (χ0n) is 10.6. The summed E-state index contributed by atoms with van der Waals surface area (Å²) in [6.45, 7) is 2.68. The maximum absolute atomic E-state index is 10.7. The van der Waals surface area contributed by atoms with Gasteiger partial charge in [-0.2, -0.15) is 4.99 Å². The van der Waals surface area contributed by atoms with Crippen LogP contribution < -0.4 is 9.47 Å².